The summed E-state index contributed by atoms with van der Waals surface area (Å²) in [5.41, 5.74) is 11.6. The summed E-state index contributed by atoms with van der Waals surface area (Å²) >= 11 is 18.3. The molecule has 0 aliphatic heterocycles. The zero-order valence-corrected chi connectivity index (χ0v) is 21.5. The molecule has 172 valence electrons. The normalized spacial score (nSPS) is 11.1. The second-order valence-corrected chi connectivity index (χ2v) is 8.18. The number of nitrogens with two attached hydrogens (primary N) is 2. The topological polar surface area (TPSA) is 159 Å². The lowest BCUT2D eigenvalue weighted by Gasteiger charge is -2.09. The fourth-order valence-corrected chi connectivity index (χ4v) is 3.18. The molecule has 0 atom stereocenters. The van der Waals surface area contributed by atoms with Gasteiger partial charge in [-0.2, -0.15) is 0 Å². The van der Waals surface area contributed by atoms with E-state index in [1.165, 1.54) is 14.1 Å². The van der Waals surface area contributed by atoms with Crippen LogP contribution in [0.4, 0.5) is 21.0 Å². The Hall–Kier alpha value is -2.54. The van der Waals surface area contributed by atoms with Gasteiger partial charge in [-0.05, 0) is 46.3 Å². The predicted molar refractivity (Wildman–Crippen MR) is 138 cm³/mol. The van der Waals surface area contributed by atoms with Crippen molar-refractivity contribution in [2.24, 2.45) is 21.5 Å². The second-order valence-electron chi connectivity index (χ2n) is 5.60. The average Bonchev–Trinajstić information content (AvgIpc) is 2.73. The van der Waals surface area contributed by atoms with E-state index in [0.717, 1.165) is 4.47 Å². The minimum atomic E-state index is -0.503. The predicted octanol–water partition coefficient (Wildman–Crippen LogP) is 4.34. The van der Waals surface area contributed by atoms with Gasteiger partial charge < -0.3 is 22.1 Å². The summed E-state index contributed by atoms with van der Waals surface area (Å²) in [4.78, 5) is 30.0. The lowest BCUT2D eigenvalue weighted by Crippen LogP contribution is -2.39. The van der Waals surface area contributed by atoms with Crippen LogP contribution in [0.15, 0.2) is 55.3 Å². The van der Waals surface area contributed by atoms with Crippen molar-refractivity contribution >= 4 is 90.4 Å². The van der Waals surface area contributed by atoms with Crippen LogP contribution in [0.5, 0.6) is 0 Å². The molecule has 0 spiro atoms. The highest BCUT2D eigenvalue weighted by atomic mass is 79.9. The molecule has 4 amide bonds. The number of hydrogen-bond donors (Lipinski definition) is 6. The maximum Gasteiger partial charge on any atom is 0.326 e. The molecule has 8 N–H and O–H groups in total. The number of hydrogen-bond acceptors (Lipinski definition) is 4. The Balaban J connectivity index is 0.000000320. The first kappa shape index (κ1) is 27.5. The molecule has 0 unspecified atom stereocenters. The fraction of sp³-hybridized carbons (Fsp3) is 0.111. The van der Waals surface area contributed by atoms with Gasteiger partial charge in [-0.25, -0.2) is 9.59 Å². The zero-order valence-electron chi connectivity index (χ0n) is 16.8. The van der Waals surface area contributed by atoms with Crippen molar-refractivity contribution in [2.75, 3.05) is 24.7 Å². The average molecular weight is 611 g/mol. The molecular formula is C18H20Br2Cl2N8O2. The van der Waals surface area contributed by atoms with Crippen molar-refractivity contribution in [3.8, 4) is 0 Å². The van der Waals surface area contributed by atoms with Gasteiger partial charge in [0.2, 0.25) is 0 Å². The molecule has 0 aliphatic carbocycles. The number of guanidine groups is 2. The van der Waals surface area contributed by atoms with Crippen LogP contribution in [0, 0.1) is 0 Å². The highest BCUT2D eigenvalue weighted by Gasteiger charge is 2.09. The quantitative estimate of drug-likeness (QED) is 0.221. The molecule has 0 aliphatic rings. The van der Waals surface area contributed by atoms with E-state index in [1.54, 1.807) is 36.4 Å². The van der Waals surface area contributed by atoms with Gasteiger partial charge in [-0.3, -0.25) is 20.6 Å². The molecule has 2 aromatic carbocycles. The lowest BCUT2D eigenvalue weighted by atomic mass is 10.3. The van der Waals surface area contributed by atoms with Crippen molar-refractivity contribution in [3.05, 3.63) is 55.4 Å². The van der Waals surface area contributed by atoms with Crippen molar-refractivity contribution in [1.82, 2.24) is 10.6 Å². The first-order valence-corrected chi connectivity index (χ1v) is 10.9. The van der Waals surface area contributed by atoms with Crippen molar-refractivity contribution in [3.63, 3.8) is 0 Å². The smallest absolute Gasteiger partial charge is 0.326 e. The van der Waals surface area contributed by atoms with E-state index in [2.05, 4.69) is 63.1 Å². The number of aliphatic imine (C=N–C) groups is 2. The van der Waals surface area contributed by atoms with E-state index < -0.39 is 12.1 Å². The van der Waals surface area contributed by atoms with Crippen LogP contribution < -0.4 is 32.7 Å². The van der Waals surface area contributed by atoms with Gasteiger partial charge >= 0.3 is 12.1 Å². The van der Waals surface area contributed by atoms with E-state index in [-0.39, 0.29) is 11.9 Å². The summed E-state index contributed by atoms with van der Waals surface area (Å²) in [5.74, 6) is 0.0595. The Kier molecular flexibility index (Phi) is 11.8. The summed E-state index contributed by atoms with van der Waals surface area (Å²) in [6, 6.07) is 9.31. The Morgan fingerprint density at radius 3 is 1.97 bits per heavy atom. The highest BCUT2D eigenvalue weighted by Crippen LogP contribution is 2.30. The van der Waals surface area contributed by atoms with Crippen LogP contribution in [0.2, 0.25) is 10.0 Å². The van der Waals surface area contributed by atoms with E-state index in [4.69, 9.17) is 34.7 Å². The maximum atomic E-state index is 11.4. The number of para-hydroxylation sites is 1. The Labute approximate surface area is 211 Å². The summed E-state index contributed by atoms with van der Waals surface area (Å²) in [7, 11) is 2.95. The molecule has 0 saturated carbocycles. The van der Waals surface area contributed by atoms with Crippen LogP contribution in [0.25, 0.3) is 0 Å². The van der Waals surface area contributed by atoms with E-state index in [0.29, 0.717) is 25.9 Å². The molecule has 0 aromatic heterocycles. The molecule has 0 saturated heterocycles. The minimum Gasteiger partial charge on any atom is -0.370 e. The van der Waals surface area contributed by atoms with Crippen LogP contribution in [0.1, 0.15) is 0 Å². The number of benzene rings is 2. The van der Waals surface area contributed by atoms with Gasteiger partial charge in [0, 0.05) is 23.0 Å². The third-order valence-electron chi connectivity index (χ3n) is 3.34. The van der Waals surface area contributed by atoms with Crippen LogP contribution >= 0.6 is 55.1 Å². The third-order valence-corrected chi connectivity index (χ3v) is 5.14. The third kappa shape index (κ3) is 9.73. The van der Waals surface area contributed by atoms with E-state index in [9.17, 15) is 9.59 Å². The maximum absolute atomic E-state index is 11.4. The molecule has 14 heteroatoms. The molecule has 0 fully saturated rings. The summed E-state index contributed by atoms with van der Waals surface area (Å²) < 4.78 is 1.49. The molecule has 2 rings (SSSR count). The molecular weight excluding hydrogens is 591 g/mol. The van der Waals surface area contributed by atoms with E-state index in [1.807, 2.05) is 0 Å². The van der Waals surface area contributed by atoms with Crippen molar-refractivity contribution < 1.29 is 9.59 Å². The van der Waals surface area contributed by atoms with Gasteiger partial charge in [0.05, 0.1) is 21.4 Å². The molecule has 32 heavy (non-hydrogen) atoms. The second kappa shape index (κ2) is 13.8. The first-order chi connectivity index (χ1) is 15.1. The SMILES string of the molecule is CN=C(N)NC(=O)Nc1c(Cl)cccc1Br.CN=C(N)NC(=O)Nc1cc(Br)ccc1Cl. The van der Waals surface area contributed by atoms with Gasteiger partial charge in [-0.15, -0.1) is 0 Å². The number of urea groups is 2. The van der Waals surface area contributed by atoms with Gasteiger partial charge in [-0.1, -0.05) is 45.2 Å². The Morgan fingerprint density at radius 1 is 0.875 bits per heavy atom. The molecule has 10 nitrogen and oxygen atoms in total. The first-order valence-electron chi connectivity index (χ1n) is 8.57. The van der Waals surface area contributed by atoms with Crippen LogP contribution in [-0.2, 0) is 0 Å². The van der Waals surface area contributed by atoms with E-state index >= 15 is 0 Å². The Bertz CT molecular complexity index is 1010. The number of amides is 4. The number of nitrogens with zero attached hydrogens (tertiary/aromatic N) is 2. The highest BCUT2D eigenvalue weighted by molar-refractivity contribution is 9.10. The standard InChI is InChI=1S/2C9H10BrClN4O/c1-13-8(12)15-9(16)14-7-4-5(10)2-3-6(7)11;1-13-8(12)15-9(16)14-7-5(10)3-2-4-6(7)11/h2*2-4H,1H3,(H4,12,13,14,15,16). The van der Waals surface area contributed by atoms with Gasteiger partial charge in [0.25, 0.3) is 0 Å². The summed E-state index contributed by atoms with van der Waals surface area (Å²) in [6.07, 6.45) is 0. The fourth-order valence-electron chi connectivity index (χ4n) is 1.85. The molecule has 0 bridgehead atoms. The summed E-state index contributed by atoms with van der Waals surface area (Å²) in [6.45, 7) is 0. The van der Waals surface area contributed by atoms with Crippen molar-refractivity contribution in [1.29, 1.82) is 0 Å². The van der Waals surface area contributed by atoms with Gasteiger partial charge in [0.15, 0.2) is 11.9 Å². The number of halogens is 4. The lowest BCUT2D eigenvalue weighted by molar-refractivity contribution is 0.255. The number of carbonyl (C=O) groups excluding carboxylic acids is 2. The number of nitrogens with one attached hydrogen (secondary N) is 4. The number of carbonyl (C=O) groups is 2. The zero-order chi connectivity index (χ0) is 24.3. The Morgan fingerprint density at radius 2 is 1.44 bits per heavy atom. The summed E-state index contributed by atoms with van der Waals surface area (Å²) in [5, 5.41) is 10.6. The minimum absolute atomic E-state index is 0.0284. The number of rotatable bonds is 2. The largest absolute Gasteiger partial charge is 0.370 e. The van der Waals surface area contributed by atoms with Crippen LogP contribution in [-0.4, -0.2) is 38.1 Å². The molecule has 0 radical (unpaired) electrons. The van der Waals surface area contributed by atoms with Crippen molar-refractivity contribution in [2.45, 2.75) is 0 Å². The number of anilines is 2. The molecule has 2 aromatic rings. The molecule has 0 heterocycles. The van der Waals surface area contributed by atoms with Gasteiger partial charge in [0.1, 0.15) is 0 Å². The van der Waals surface area contributed by atoms with Crippen LogP contribution in [0.3, 0.4) is 0 Å². The monoisotopic (exact) mass is 608 g/mol.